The Morgan fingerprint density at radius 1 is 1.36 bits per heavy atom. The lowest BCUT2D eigenvalue weighted by molar-refractivity contribution is 0.571. The second kappa shape index (κ2) is 7.35. The third-order valence-corrected chi connectivity index (χ3v) is 4.68. The molecule has 1 saturated heterocycles. The third-order valence-electron chi connectivity index (χ3n) is 4.68. The minimum absolute atomic E-state index is 0.113. The van der Waals surface area contributed by atoms with Crippen LogP contribution < -0.4 is 10.5 Å². The van der Waals surface area contributed by atoms with Crippen LogP contribution in [0, 0.1) is 18.3 Å². The van der Waals surface area contributed by atoms with Gasteiger partial charge >= 0.3 is 0 Å². The minimum atomic E-state index is -0.356. The minimum Gasteiger partial charge on any atom is -0.355 e. The van der Waals surface area contributed by atoms with Crippen LogP contribution >= 0.6 is 0 Å². The van der Waals surface area contributed by atoms with E-state index in [1.54, 1.807) is 6.08 Å². The van der Waals surface area contributed by atoms with Crippen molar-refractivity contribution in [2.75, 3.05) is 18.0 Å². The Morgan fingerprint density at radius 2 is 2.12 bits per heavy atom. The van der Waals surface area contributed by atoms with Crippen LogP contribution in [0.5, 0.6) is 0 Å². The fraction of sp³-hybridized carbons (Fsp3) is 0.350. The monoisotopic (exact) mass is 334 g/mol. The molecule has 1 N–H and O–H groups in total. The van der Waals surface area contributed by atoms with E-state index in [0.717, 1.165) is 42.6 Å². The van der Waals surface area contributed by atoms with Crippen molar-refractivity contribution in [2.45, 2.75) is 32.6 Å². The first kappa shape index (κ1) is 17.0. The van der Waals surface area contributed by atoms with Gasteiger partial charge in [0.1, 0.15) is 11.9 Å². The number of hydrogen-bond acceptors (Lipinski definition) is 4. The summed E-state index contributed by atoms with van der Waals surface area (Å²) in [6, 6.07) is 8.13. The largest absolute Gasteiger partial charge is 0.355 e. The van der Waals surface area contributed by atoms with E-state index < -0.39 is 0 Å². The second-order valence-electron chi connectivity index (χ2n) is 6.44. The Kier molecular flexibility index (Phi) is 4.99. The molecule has 1 aromatic carbocycles. The SMILES string of the molecule is C=Cc1ccc(C)c(Cc2nc(N3CCCCC3)c(C#N)c(=O)[nH]2)c1. The maximum Gasteiger partial charge on any atom is 0.271 e. The molecule has 0 saturated carbocycles. The number of hydrogen-bond donors (Lipinski definition) is 1. The fourth-order valence-corrected chi connectivity index (χ4v) is 3.22. The molecule has 25 heavy (non-hydrogen) atoms. The lowest BCUT2D eigenvalue weighted by Gasteiger charge is -2.28. The van der Waals surface area contributed by atoms with Gasteiger partial charge in [0.15, 0.2) is 11.4 Å². The molecule has 3 rings (SSSR count). The van der Waals surface area contributed by atoms with Crippen LogP contribution in [0.25, 0.3) is 6.08 Å². The molecule has 0 radical (unpaired) electrons. The number of aromatic amines is 1. The molecule has 0 bridgehead atoms. The molecule has 0 aliphatic carbocycles. The van der Waals surface area contributed by atoms with E-state index in [9.17, 15) is 10.1 Å². The van der Waals surface area contributed by atoms with Crippen LogP contribution in [0.2, 0.25) is 0 Å². The molecular formula is C20H22N4O. The van der Waals surface area contributed by atoms with Crippen molar-refractivity contribution in [3.63, 3.8) is 0 Å². The van der Waals surface area contributed by atoms with Crippen LogP contribution in [-0.4, -0.2) is 23.1 Å². The number of anilines is 1. The number of benzene rings is 1. The standard InChI is InChI=1S/C20H22N4O/c1-3-15-8-7-14(2)16(11-15)12-18-22-19(17(13-21)20(25)23-18)24-9-5-4-6-10-24/h3,7-8,11H,1,4-6,9-10,12H2,2H3,(H,22,23,25). The van der Waals surface area contributed by atoms with Gasteiger partial charge in [-0.2, -0.15) is 5.26 Å². The lowest BCUT2D eigenvalue weighted by Crippen LogP contribution is -2.33. The molecule has 5 heteroatoms. The molecule has 5 nitrogen and oxygen atoms in total. The van der Waals surface area contributed by atoms with Crippen LogP contribution in [-0.2, 0) is 6.42 Å². The maximum atomic E-state index is 12.4. The summed E-state index contributed by atoms with van der Waals surface area (Å²) in [5.74, 6) is 1.12. The second-order valence-corrected chi connectivity index (χ2v) is 6.44. The van der Waals surface area contributed by atoms with Gasteiger partial charge in [0.05, 0.1) is 0 Å². The number of nitrogens with one attached hydrogen (secondary N) is 1. The van der Waals surface area contributed by atoms with Crippen LogP contribution in [0.4, 0.5) is 5.82 Å². The van der Waals surface area contributed by atoms with Gasteiger partial charge in [0.2, 0.25) is 0 Å². The third kappa shape index (κ3) is 3.63. The number of H-pyrrole nitrogens is 1. The Labute approximate surface area is 147 Å². The van der Waals surface area contributed by atoms with Crippen LogP contribution in [0.3, 0.4) is 0 Å². The van der Waals surface area contributed by atoms with Crippen molar-refractivity contribution in [3.05, 3.63) is 63.2 Å². The van der Waals surface area contributed by atoms with Crippen molar-refractivity contribution >= 4 is 11.9 Å². The summed E-state index contributed by atoms with van der Waals surface area (Å²) >= 11 is 0. The smallest absolute Gasteiger partial charge is 0.271 e. The van der Waals surface area contributed by atoms with Gasteiger partial charge in [-0.3, -0.25) is 4.79 Å². The van der Waals surface area contributed by atoms with Crippen molar-refractivity contribution in [1.29, 1.82) is 5.26 Å². The van der Waals surface area contributed by atoms with E-state index >= 15 is 0 Å². The highest BCUT2D eigenvalue weighted by atomic mass is 16.1. The molecule has 0 unspecified atom stereocenters. The summed E-state index contributed by atoms with van der Waals surface area (Å²) in [5, 5.41) is 9.38. The Morgan fingerprint density at radius 3 is 2.80 bits per heavy atom. The van der Waals surface area contributed by atoms with Gasteiger partial charge in [-0.15, -0.1) is 0 Å². The molecule has 0 amide bonds. The summed E-state index contributed by atoms with van der Waals surface area (Å²) in [5.41, 5.74) is 3.02. The summed E-state index contributed by atoms with van der Waals surface area (Å²) in [7, 11) is 0. The normalized spacial score (nSPS) is 14.2. The van der Waals surface area contributed by atoms with E-state index in [1.165, 1.54) is 6.42 Å². The van der Waals surface area contributed by atoms with Gasteiger partial charge in [-0.1, -0.05) is 30.9 Å². The zero-order chi connectivity index (χ0) is 17.8. The number of aryl methyl sites for hydroxylation is 1. The van der Waals surface area contributed by atoms with E-state index in [0.29, 0.717) is 18.1 Å². The number of aromatic nitrogens is 2. The van der Waals surface area contributed by atoms with Gasteiger partial charge < -0.3 is 9.88 Å². The van der Waals surface area contributed by atoms with E-state index in [-0.39, 0.29) is 11.1 Å². The first-order valence-corrected chi connectivity index (χ1v) is 8.62. The maximum absolute atomic E-state index is 12.4. The van der Waals surface area contributed by atoms with Gasteiger partial charge in [-0.05, 0) is 42.9 Å². The van der Waals surface area contributed by atoms with Crippen molar-refractivity contribution in [1.82, 2.24) is 9.97 Å². The average molecular weight is 334 g/mol. The highest BCUT2D eigenvalue weighted by Crippen LogP contribution is 2.21. The topological polar surface area (TPSA) is 72.8 Å². The van der Waals surface area contributed by atoms with E-state index in [1.807, 2.05) is 25.1 Å². The number of nitriles is 1. The number of nitrogens with zero attached hydrogens (tertiary/aromatic N) is 3. The highest BCUT2D eigenvalue weighted by Gasteiger charge is 2.20. The van der Waals surface area contributed by atoms with Gasteiger partial charge in [0, 0.05) is 19.5 Å². The lowest BCUT2D eigenvalue weighted by atomic mass is 10.0. The number of piperidine rings is 1. The molecule has 0 atom stereocenters. The highest BCUT2D eigenvalue weighted by molar-refractivity contribution is 5.54. The first-order chi connectivity index (χ1) is 12.1. The van der Waals surface area contributed by atoms with Crippen LogP contribution in [0.1, 0.15) is 47.3 Å². The Hall–Kier alpha value is -2.87. The molecule has 1 fully saturated rings. The predicted molar refractivity (Wildman–Crippen MR) is 99.7 cm³/mol. The molecule has 128 valence electrons. The molecule has 2 heterocycles. The average Bonchev–Trinajstić information content (AvgIpc) is 2.64. The Balaban J connectivity index is 2.00. The predicted octanol–water partition coefficient (Wildman–Crippen LogP) is 3.17. The van der Waals surface area contributed by atoms with Crippen molar-refractivity contribution in [3.8, 4) is 6.07 Å². The zero-order valence-electron chi connectivity index (χ0n) is 14.5. The molecule has 1 aromatic heterocycles. The van der Waals surface area contributed by atoms with Crippen molar-refractivity contribution in [2.24, 2.45) is 0 Å². The molecule has 0 spiro atoms. The van der Waals surface area contributed by atoms with Gasteiger partial charge in [-0.25, -0.2) is 4.98 Å². The summed E-state index contributed by atoms with van der Waals surface area (Å²) in [6.45, 7) is 7.53. The molecule has 1 aliphatic rings. The van der Waals surface area contributed by atoms with E-state index in [4.69, 9.17) is 0 Å². The molecular weight excluding hydrogens is 312 g/mol. The molecule has 1 aliphatic heterocycles. The van der Waals surface area contributed by atoms with Crippen LogP contribution in [0.15, 0.2) is 29.6 Å². The van der Waals surface area contributed by atoms with Crippen molar-refractivity contribution < 1.29 is 0 Å². The summed E-state index contributed by atoms with van der Waals surface area (Å²) < 4.78 is 0. The molecule has 2 aromatic rings. The first-order valence-electron chi connectivity index (χ1n) is 8.62. The summed E-state index contributed by atoms with van der Waals surface area (Å²) in [4.78, 5) is 21.9. The van der Waals surface area contributed by atoms with Gasteiger partial charge in [0.25, 0.3) is 5.56 Å². The quantitative estimate of drug-likeness (QED) is 0.932. The summed E-state index contributed by atoms with van der Waals surface area (Å²) in [6.07, 6.45) is 5.64. The Bertz CT molecular complexity index is 886. The zero-order valence-corrected chi connectivity index (χ0v) is 14.5. The van der Waals surface area contributed by atoms with E-state index in [2.05, 4.69) is 27.5 Å². The number of rotatable bonds is 4. The fourth-order valence-electron chi connectivity index (χ4n) is 3.22.